The third-order valence-electron chi connectivity index (χ3n) is 11.8. The molecule has 390 valence electrons. The molecule has 0 aliphatic heterocycles. The van der Waals surface area contributed by atoms with E-state index in [1.807, 2.05) is 0 Å². The molecular weight excluding hydrogens is 862 g/mol. The van der Waals surface area contributed by atoms with Gasteiger partial charge in [-0.05, 0) is 77.0 Å². The Morgan fingerprint density at radius 1 is 0.493 bits per heavy atom. The molecule has 0 saturated heterocycles. The van der Waals surface area contributed by atoms with Crippen molar-refractivity contribution in [3.63, 3.8) is 0 Å². The summed E-state index contributed by atoms with van der Waals surface area (Å²) in [4.78, 5) is 33.8. The van der Waals surface area contributed by atoms with E-state index in [-0.39, 0.29) is 13.0 Å². The van der Waals surface area contributed by atoms with Gasteiger partial charge < -0.3 is 25.2 Å². The van der Waals surface area contributed by atoms with Crippen LogP contribution >= 0.6 is 7.82 Å². The minimum absolute atomic E-state index is 0.0116. The first-order valence-corrected chi connectivity index (χ1v) is 28.8. The number of carboxylic acids is 1. The van der Waals surface area contributed by atoms with Gasteiger partial charge in [0.25, 0.3) is 0 Å². The minimum Gasteiger partial charge on any atom is -0.480 e. The fourth-order valence-corrected chi connectivity index (χ4v) is 8.37. The summed E-state index contributed by atoms with van der Waals surface area (Å²) in [6.07, 6.45) is 64.2. The summed E-state index contributed by atoms with van der Waals surface area (Å²) in [5, 5.41) is 8.94. The average Bonchev–Trinajstić information content (AvgIpc) is 3.31. The zero-order valence-corrected chi connectivity index (χ0v) is 43.9. The molecule has 0 aromatic heterocycles. The largest absolute Gasteiger partial charge is 0.480 e. The maximum Gasteiger partial charge on any atom is 0.472 e. The summed E-state index contributed by atoms with van der Waals surface area (Å²) in [7, 11) is -4.63. The number of allylic oxidation sites excluding steroid dienone is 10. The minimum atomic E-state index is -4.63. The second-order valence-corrected chi connectivity index (χ2v) is 19.8. The molecule has 0 bridgehead atoms. The third-order valence-corrected chi connectivity index (χ3v) is 12.7. The Balaban J connectivity index is 4.11. The fourth-order valence-electron chi connectivity index (χ4n) is 7.59. The number of ether oxygens (including phenoxy) is 2. The number of hydrogen-bond donors (Lipinski definition) is 3. The number of aliphatic carboxylic acids is 1. The molecule has 3 atom stereocenters. The Hall–Kier alpha value is -2.33. The number of rotatable bonds is 52. The molecule has 0 aliphatic rings. The molecule has 3 unspecified atom stereocenters. The molecule has 0 aliphatic carbocycles. The van der Waals surface area contributed by atoms with Crippen molar-refractivity contribution in [2.45, 2.75) is 257 Å². The maximum absolute atomic E-state index is 12.7. The van der Waals surface area contributed by atoms with Crippen molar-refractivity contribution in [2.75, 3.05) is 26.4 Å². The van der Waals surface area contributed by atoms with E-state index in [9.17, 15) is 19.0 Å². The van der Waals surface area contributed by atoms with Gasteiger partial charge >= 0.3 is 19.8 Å². The van der Waals surface area contributed by atoms with Crippen molar-refractivity contribution in [3.8, 4) is 0 Å². The third kappa shape index (κ3) is 51.4. The van der Waals surface area contributed by atoms with Gasteiger partial charge in [0.1, 0.15) is 12.1 Å². The number of esters is 1. The van der Waals surface area contributed by atoms with Crippen molar-refractivity contribution in [2.24, 2.45) is 5.73 Å². The highest BCUT2D eigenvalue weighted by molar-refractivity contribution is 7.47. The summed E-state index contributed by atoms with van der Waals surface area (Å²) in [6.45, 7) is 3.79. The monoisotopic (exact) mass is 964 g/mol. The molecule has 0 amide bonds. The molecule has 67 heavy (non-hydrogen) atoms. The van der Waals surface area contributed by atoms with Crippen LogP contribution in [0.15, 0.2) is 60.8 Å². The van der Waals surface area contributed by atoms with E-state index in [4.69, 9.17) is 29.4 Å². The van der Waals surface area contributed by atoms with Gasteiger partial charge in [0, 0.05) is 13.0 Å². The number of carbonyl (C=O) groups is 2. The van der Waals surface area contributed by atoms with Gasteiger partial charge in [0.05, 0.1) is 19.8 Å². The number of phosphoric acid groups is 1. The molecule has 0 heterocycles. The van der Waals surface area contributed by atoms with E-state index >= 15 is 0 Å². The lowest BCUT2D eigenvalue weighted by molar-refractivity contribution is -0.154. The zero-order valence-electron chi connectivity index (χ0n) is 43.0. The number of hydrogen-bond acceptors (Lipinski definition) is 8. The molecule has 0 saturated carbocycles. The first-order valence-electron chi connectivity index (χ1n) is 27.3. The number of carbonyl (C=O) groups excluding carboxylic acids is 1. The molecule has 0 aromatic rings. The van der Waals surface area contributed by atoms with Gasteiger partial charge in [-0.25, -0.2) is 4.57 Å². The fraction of sp³-hybridized carbons (Fsp3) is 0.786. The predicted octanol–water partition coefficient (Wildman–Crippen LogP) is 16.3. The van der Waals surface area contributed by atoms with Crippen molar-refractivity contribution in [1.82, 2.24) is 0 Å². The highest BCUT2D eigenvalue weighted by atomic mass is 31.2. The lowest BCUT2D eigenvalue weighted by atomic mass is 10.0. The molecule has 0 rings (SSSR count). The van der Waals surface area contributed by atoms with Crippen LogP contribution in [0, 0.1) is 0 Å². The van der Waals surface area contributed by atoms with Crippen molar-refractivity contribution in [3.05, 3.63) is 60.8 Å². The number of carboxylic acid groups (broad SMARTS) is 1. The van der Waals surface area contributed by atoms with E-state index in [1.54, 1.807) is 0 Å². The highest BCUT2D eigenvalue weighted by Crippen LogP contribution is 2.43. The topological polar surface area (TPSA) is 155 Å². The van der Waals surface area contributed by atoms with Crippen LogP contribution in [0.5, 0.6) is 0 Å². The second-order valence-electron chi connectivity index (χ2n) is 18.3. The lowest BCUT2D eigenvalue weighted by Crippen LogP contribution is -2.34. The van der Waals surface area contributed by atoms with Crippen molar-refractivity contribution in [1.29, 1.82) is 0 Å². The Kier molecular flexibility index (Phi) is 49.7. The lowest BCUT2D eigenvalue weighted by Gasteiger charge is -2.20. The van der Waals surface area contributed by atoms with Gasteiger partial charge in [-0.2, -0.15) is 0 Å². The van der Waals surface area contributed by atoms with E-state index in [0.717, 1.165) is 70.6 Å². The molecular formula is C56H102NO9P. The van der Waals surface area contributed by atoms with Crippen LogP contribution in [0.2, 0.25) is 0 Å². The smallest absolute Gasteiger partial charge is 0.472 e. The maximum atomic E-state index is 12.7. The van der Waals surface area contributed by atoms with Crippen LogP contribution in [0.1, 0.15) is 245 Å². The Morgan fingerprint density at radius 3 is 1.31 bits per heavy atom. The summed E-state index contributed by atoms with van der Waals surface area (Å²) < 4.78 is 33.6. The van der Waals surface area contributed by atoms with E-state index in [0.29, 0.717) is 13.0 Å². The zero-order chi connectivity index (χ0) is 49.0. The van der Waals surface area contributed by atoms with Gasteiger partial charge in [-0.3, -0.25) is 18.6 Å². The van der Waals surface area contributed by atoms with E-state index < -0.39 is 45.1 Å². The van der Waals surface area contributed by atoms with E-state index in [2.05, 4.69) is 74.6 Å². The molecule has 10 nitrogen and oxygen atoms in total. The van der Waals surface area contributed by atoms with Crippen molar-refractivity contribution >= 4 is 19.8 Å². The second kappa shape index (κ2) is 51.5. The number of phosphoric ester groups is 1. The Morgan fingerprint density at radius 2 is 0.866 bits per heavy atom. The summed E-state index contributed by atoms with van der Waals surface area (Å²) in [6, 6.07) is -1.48. The first kappa shape index (κ1) is 64.7. The molecule has 4 N–H and O–H groups in total. The Labute approximate surface area is 411 Å². The van der Waals surface area contributed by atoms with Gasteiger partial charge in [0.15, 0.2) is 0 Å². The predicted molar refractivity (Wildman–Crippen MR) is 281 cm³/mol. The van der Waals surface area contributed by atoms with Crippen molar-refractivity contribution < 1.29 is 42.7 Å². The van der Waals surface area contributed by atoms with Gasteiger partial charge in [-0.15, -0.1) is 0 Å². The summed E-state index contributed by atoms with van der Waals surface area (Å²) >= 11 is 0. The first-order chi connectivity index (χ1) is 32.7. The molecule has 0 spiro atoms. The number of nitrogens with two attached hydrogens (primary N) is 1. The van der Waals surface area contributed by atoms with Gasteiger partial charge in [0.2, 0.25) is 0 Å². The van der Waals surface area contributed by atoms with Crippen LogP contribution in [0.4, 0.5) is 0 Å². The van der Waals surface area contributed by atoms with Crippen LogP contribution in [-0.2, 0) is 32.7 Å². The van der Waals surface area contributed by atoms with Crippen LogP contribution in [-0.4, -0.2) is 60.5 Å². The molecule has 0 aromatic carbocycles. The normalized spacial score (nSPS) is 14.1. The SMILES string of the molecule is CC/C=C\C/C=C\C/C=C\C/C=C\CCCCCCCCCCCOCC(COP(=O)(O)OCC(N)C(=O)O)OC(=O)CCCCCCCCCCCCC/C=C\CCCCCCCCCC. The average molecular weight is 964 g/mol. The Bertz CT molecular complexity index is 1300. The standard InChI is InChI=1S/C56H102NO9P/c1-3-5-7-9-11-13-15-17-19-21-23-25-27-28-30-32-34-36-38-40-42-44-46-48-55(58)66-53(51-64-67(61,62)65-52-54(57)56(59)60)50-63-49-47-45-43-41-39-37-35-33-31-29-26-24-22-20-18-16-14-12-10-8-6-4-2/h6,8,12,14,18,20-21,23-24,26,53-54H,3-5,7,9-11,13,15-17,19,22,25,27-52,57H2,1-2H3,(H,59,60)(H,61,62)/b8-6-,14-12-,20-18-,23-21-,26-24-. The van der Waals surface area contributed by atoms with Crippen LogP contribution in [0.25, 0.3) is 0 Å². The molecule has 11 heteroatoms. The molecule has 0 radical (unpaired) electrons. The van der Waals surface area contributed by atoms with E-state index in [1.165, 1.54) is 148 Å². The summed E-state index contributed by atoms with van der Waals surface area (Å²) in [5.74, 6) is -1.78. The van der Waals surface area contributed by atoms with Crippen LogP contribution < -0.4 is 5.73 Å². The quantitative estimate of drug-likeness (QED) is 0.0232. The van der Waals surface area contributed by atoms with Crippen LogP contribution in [0.3, 0.4) is 0 Å². The van der Waals surface area contributed by atoms with Gasteiger partial charge in [-0.1, -0.05) is 222 Å². The number of unbranched alkanes of at least 4 members (excludes halogenated alkanes) is 28. The summed E-state index contributed by atoms with van der Waals surface area (Å²) in [5.41, 5.74) is 5.38. The molecule has 0 fully saturated rings. The highest BCUT2D eigenvalue weighted by Gasteiger charge is 2.27.